The van der Waals surface area contributed by atoms with Crippen LogP contribution in [0.5, 0.6) is 0 Å². The van der Waals surface area contributed by atoms with Gasteiger partial charge in [0.15, 0.2) is 5.78 Å². The van der Waals surface area contributed by atoms with Crippen molar-refractivity contribution >= 4 is 23.2 Å². The Labute approximate surface area is 158 Å². The van der Waals surface area contributed by atoms with E-state index in [0.717, 1.165) is 18.9 Å². The van der Waals surface area contributed by atoms with Gasteiger partial charge < -0.3 is 15.1 Å². The molecule has 0 spiro atoms. The van der Waals surface area contributed by atoms with Gasteiger partial charge in [0.1, 0.15) is 11.6 Å². The van der Waals surface area contributed by atoms with E-state index in [9.17, 15) is 14.0 Å². The van der Waals surface area contributed by atoms with E-state index in [4.69, 9.17) is 0 Å². The molecule has 0 unspecified atom stereocenters. The molecule has 1 saturated heterocycles. The molecule has 0 radical (unpaired) electrons. The molecule has 0 saturated carbocycles. The van der Waals surface area contributed by atoms with Crippen molar-refractivity contribution in [2.45, 2.75) is 13.3 Å². The molecule has 7 heteroatoms. The minimum absolute atomic E-state index is 0.0360. The monoisotopic (exact) mass is 370 g/mol. The molecule has 1 aliphatic heterocycles. The predicted octanol–water partition coefficient (Wildman–Crippen LogP) is 2.57. The first-order chi connectivity index (χ1) is 13.1. The second-order valence-electron chi connectivity index (χ2n) is 6.45. The fraction of sp³-hybridized carbons (Fsp3) is 0.350. The number of carbonyl (C=O) groups is 2. The molecule has 142 valence electrons. The lowest BCUT2D eigenvalue weighted by Gasteiger charge is -2.35. The zero-order chi connectivity index (χ0) is 19.2. The maximum atomic E-state index is 13.8. The molecule has 2 heterocycles. The summed E-state index contributed by atoms with van der Waals surface area (Å²) in [7, 11) is 0. The van der Waals surface area contributed by atoms with Crippen LogP contribution in [0.4, 0.5) is 15.9 Å². The molecule has 1 N–H and O–H groups in total. The average molecular weight is 370 g/mol. The number of hydrogen-bond donors (Lipinski definition) is 1. The van der Waals surface area contributed by atoms with E-state index in [1.807, 2.05) is 23.1 Å². The minimum Gasteiger partial charge on any atom is -0.384 e. The zero-order valence-electron chi connectivity index (χ0n) is 15.3. The van der Waals surface area contributed by atoms with Crippen molar-refractivity contribution in [2.75, 3.05) is 42.9 Å². The van der Waals surface area contributed by atoms with Gasteiger partial charge in [0, 0.05) is 51.0 Å². The van der Waals surface area contributed by atoms with Gasteiger partial charge in [0.2, 0.25) is 5.91 Å². The lowest BCUT2D eigenvalue weighted by atomic mass is 10.1. The van der Waals surface area contributed by atoms with Crippen molar-refractivity contribution in [3.63, 3.8) is 0 Å². The topological polar surface area (TPSA) is 65.5 Å². The third kappa shape index (κ3) is 4.61. The van der Waals surface area contributed by atoms with E-state index >= 15 is 0 Å². The summed E-state index contributed by atoms with van der Waals surface area (Å²) in [5.41, 5.74) is 0.462. The number of aromatic nitrogens is 1. The number of Topliss-reactive ketones (excluding diaryl/α,β-unsaturated/α-hetero) is 1. The molecule has 27 heavy (non-hydrogen) atoms. The molecule has 6 nitrogen and oxygen atoms in total. The number of benzene rings is 1. The number of ketones is 1. The van der Waals surface area contributed by atoms with Gasteiger partial charge >= 0.3 is 0 Å². The van der Waals surface area contributed by atoms with Gasteiger partial charge in [-0.2, -0.15) is 0 Å². The van der Waals surface area contributed by atoms with Crippen LogP contribution in [0.2, 0.25) is 0 Å². The summed E-state index contributed by atoms with van der Waals surface area (Å²) in [6, 6.07) is 10.2. The highest BCUT2D eigenvalue weighted by Gasteiger charge is 2.21. The summed E-state index contributed by atoms with van der Waals surface area (Å²) < 4.78 is 13.8. The van der Waals surface area contributed by atoms with Crippen molar-refractivity contribution in [1.29, 1.82) is 0 Å². The molecule has 1 aromatic heterocycles. The molecular weight excluding hydrogens is 347 g/mol. The Balaban J connectivity index is 1.48. The highest BCUT2D eigenvalue weighted by Crippen LogP contribution is 2.19. The summed E-state index contributed by atoms with van der Waals surface area (Å²) >= 11 is 0. The van der Waals surface area contributed by atoms with E-state index in [0.29, 0.717) is 25.3 Å². The maximum Gasteiger partial charge on any atom is 0.224 e. The number of piperazine rings is 1. The summed E-state index contributed by atoms with van der Waals surface area (Å²) in [6.07, 6.45) is 2.05. The van der Waals surface area contributed by atoms with E-state index < -0.39 is 5.82 Å². The fourth-order valence-corrected chi connectivity index (χ4v) is 3.22. The van der Waals surface area contributed by atoms with Crippen LogP contribution in [0.1, 0.15) is 23.7 Å². The van der Waals surface area contributed by atoms with E-state index in [2.05, 4.69) is 15.2 Å². The highest BCUT2D eigenvalue weighted by molar-refractivity contribution is 5.99. The first-order valence-electron chi connectivity index (χ1n) is 9.03. The van der Waals surface area contributed by atoms with Crippen molar-refractivity contribution in [3.8, 4) is 0 Å². The van der Waals surface area contributed by atoms with Gasteiger partial charge in [-0.15, -0.1) is 0 Å². The normalized spacial score (nSPS) is 14.1. The van der Waals surface area contributed by atoms with Crippen molar-refractivity contribution < 1.29 is 14.0 Å². The molecular formula is C20H23FN4O2. The molecule has 1 aromatic carbocycles. The van der Waals surface area contributed by atoms with Crippen molar-refractivity contribution in [3.05, 3.63) is 54.0 Å². The number of nitrogens with one attached hydrogen (secondary N) is 1. The van der Waals surface area contributed by atoms with Crippen molar-refractivity contribution in [1.82, 2.24) is 9.88 Å². The van der Waals surface area contributed by atoms with Crippen LogP contribution in [0.3, 0.4) is 0 Å². The molecule has 0 bridgehead atoms. The standard InChI is InChI=1S/C20H23FN4O2/c1-15(26)20-16(21)5-4-6-17(20)22-10-8-19(27)25-13-11-24(12-14-25)18-7-2-3-9-23-18/h2-7,9,22H,8,10-14H2,1H3. The number of pyridine rings is 1. The average Bonchev–Trinajstić information content (AvgIpc) is 2.68. The maximum absolute atomic E-state index is 13.8. The van der Waals surface area contributed by atoms with Gasteiger partial charge in [0.05, 0.1) is 5.56 Å². The van der Waals surface area contributed by atoms with Gasteiger partial charge in [0.25, 0.3) is 0 Å². The van der Waals surface area contributed by atoms with Crippen LogP contribution in [0, 0.1) is 5.82 Å². The number of carbonyl (C=O) groups excluding carboxylic acids is 2. The molecule has 1 fully saturated rings. The Bertz CT molecular complexity index is 805. The largest absolute Gasteiger partial charge is 0.384 e. The van der Waals surface area contributed by atoms with Crippen LogP contribution in [-0.2, 0) is 4.79 Å². The lowest BCUT2D eigenvalue weighted by Crippen LogP contribution is -2.49. The van der Waals surface area contributed by atoms with Gasteiger partial charge in [-0.25, -0.2) is 9.37 Å². The molecule has 2 aromatic rings. The van der Waals surface area contributed by atoms with E-state index in [-0.39, 0.29) is 23.7 Å². The quantitative estimate of drug-likeness (QED) is 0.792. The Kier molecular flexibility index (Phi) is 6.01. The summed E-state index contributed by atoms with van der Waals surface area (Å²) in [5.74, 6) is 0.0788. The first kappa shape index (κ1) is 18.8. The highest BCUT2D eigenvalue weighted by atomic mass is 19.1. The van der Waals surface area contributed by atoms with Crippen molar-refractivity contribution in [2.24, 2.45) is 0 Å². The van der Waals surface area contributed by atoms with Gasteiger partial charge in [-0.1, -0.05) is 12.1 Å². The number of nitrogens with zero attached hydrogens (tertiary/aromatic N) is 3. The van der Waals surface area contributed by atoms with Crippen LogP contribution < -0.4 is 10.2 Å². The predicted molar refractivity (Wildman–Crippen MR) is 103 cm³/mol. The lowest BCUT2D eigenvalue weighted by molar-refractivity contribution is -0.131. The second-order valence-corrected chi connectivity index (χ2v) is 6.45. The smallest absolute Gasteiger partial charge is 0.224 e. The Morgan fingerprint density at radius 3 is 2.56 bits per heavy atom. The summed E-state index contributed by atoms with van der Waals surface area (Å²) in [6.45, 7) is 4.46. The third-order valence-corrected chi connectivity index (χ3v) is 4.63. The Morgan fingerprint density at radius 1 is 1.11 bits per heavy atom. The molecule has 1 amide bonds. The number of hydrogen-bond acceptors (Lipinski definition) is 5. The Hall–Kier alpha value is -2.96. The van der Waals surface area contributed by atoms with Gasteiger partial charge in [-0.05, 0) is 31.2 Å². The SMILES string of the molecule is CC(=O)c1c(F)cccc1NCCC(=O)N1CCN(c2ccccn2)CC1. The van der Waals surface area contributed by atoms with E-state index in [1.165, 1.54) is 13.0 Å². The third-order valence-electron chi connectivity index (χ3n) is 4.63. The molecule has 1 aliphatic rings. The van der Waals surface area contributed by atoms with Crippen LogP contribution in [-0.4, -0.2) is 54.3 Å². The van der Waals surface area contributed by atoms with Crippen LogP contribution in [0.15, 0.2) is 42.6 Å². The summed E-state index contributed by atoms with van der Waals surface area (Å²) in [4.78, 5) is 32.4. The molecule has 3 rings (SSSR count). The summed E-state index contributed by atoms with van der Waals surface area (Å²) in [5, 5.41) is 3.01. The number of anilines is 2. The first-order valence-corrected chi connectivity index (χ1v) is 9.03. The number of rotatable bonds is 6. The van der Waals surface area contributed by atoms with Gasteiger partial charge in [-0.3, -0.25) is 9.59 Å². The zero-order valence-corrected chi connectivity index (χ0v) is 15.3. The van der Waals surface area contributed by atoms with Crippen LogP contribution in [0.25, 0.3) is 0 Å². The number of amides is 1. The molecule has 0 aliphatic carbocycles. The second kappa shape index (κ2) is 8.62. The van der Waals surface area contributed by atoms with E-state index in [1.54, 1.807) is 18.3 Å². The molecule has 0 atom stereocenters. The number of halogens is 1. The fourth-order valence-electron chi connectivity index (χ4n) is 3.22. The minimum atomic E-state index is -0.551. The Morgan fingerprint density at radius 2 is 1.89 bits per heavy atom. The van der Waals surface area contributed by atoms with Crippen LogP contribution >= 0.6 is 0 Å².